The highest BCUT2D eigenvalue weighted by molar-refractivity contribution is 5.95. The minimum atomic E-state index is -0.158. The molecule has 0 fully saturated rings. The average molecular weight is 417 g/mol. The summed E-state index contributed by atoms with van der Waals surface area (Å²) in [5.41, 5.74) is 3.64. The highest BCUT2D eigenvalue weighted by Gasteiger charge is 2.08. The van der Waals surface area contributed by atoms with Crippen LogP contribution in [0.2, 0.25) is 0 Å². The summed E-state index contributed by atoms with van der Waals surface area (Å²) in [5, 5.41) is 6.00. The van der Waals surface area contributed by atoms with Crippen molar-refractivity contribution in [3.8, 4) is 11.5 Å². The van der Waals surface area contributed by atoms with Crippen LogP contribution in [0.5, 0.6) is 11.5 Å². The van der Waals surface area contributed by atoms with E-state index in [1.165, 1.54) is 5.56 Å². The first-order chi connectivity index (χ1) is 15.1. The largest absolute Gasteiger partial charge is 0.493 e. The first-order valence-electron chi connectivity index (χ1n) is 10.3. The first-order valence-corrected chi connectivity index (χ1v) is 10.3. The molecule has 0 aliphatic rings. The Hall–Kier alpha value is -3.73. The molecule has 160 valence electrons. The molecule has 3 aromatic rings. The quantitative estimate of drug-likeness (QED) is 0.416. The maximum atomic E-state index is 12.3. The lowest BCUT2D eigenvalue weighted by molar-refractivity contribution is -0.114. The Labute approximate surface area is 183 Å². The molecular weight excluding hydrogens is 388 g/mol. The van der Waals surface area contributed by atoms with Crippen LogP contribution in [0.1, 0.15) is 12.5 Å². The van der Waals surface area contributed by atoms with Gasteiger partial charge in [-0.25, -0.2) is 0 Å². The minimum absolute atomic E-state index is 0.142. The van der Waals surface area contributed by atoms with Gasteiger partial charge in [0.15, 0.2) is 0 Å². The van der Waals surface area contributed by atoms with Crippen molar-refractivity contribution in [2.45, 2.75) is 13.3 Å². The second kappa shape index (κ2) is 11.5. The highest BCUT2D eigenvalue weighted by Crippen LogP contribution is 2.24. The van der Waals surface area contributed by atoms with Gasteiger partial charge in [0.05, 0.1) is 18.8 Å². The van der Waals surface area contributed by atoms with Gasteiger partial charge in [0.1, 0.15) is 18.1 Å². The van der Waals surface area contributed by atoms with E-state index in [0.29, 0.717) is 24.7 Å². The summed E-state index contributed by atoms with van der Waals surface area (Å²) >= 11 is 0. The lowest BCUT2D eigenvalue weighted by atomic mass is 10.2. The third-order valence-corrected chi connectivity index (χ3v) is 4.44. The number of para-hydroxylation sites is 2. The second-order valence-electron chi connectivity index (χ2n) is 7.25. The van der Waals surface area contributed by atoms with Crippen LogP contribution in [-0.2, 0) is 11.2 Å². The van der Waals surface area contributed by atoms with Gasteiger partial charge in [-0.05, 0) is 54.5 Å². The third-order valence-electron chi connectivity index (χ3n) is 4.44. The van der Waals surface area contributed by atoms with E-state index in [4.69, 9.17) is 9.47 Å². The van der Waals surface area contributed by atoms with E-state index in [9.17, 15) is 4.79 Å². The molecule has 0 aliphatic heterocycles. The molecule has 0 aromatic heterocycles. The summed E-state index contributed by atoms with van der Waals surface area (Å²) in [6.07, 6.45) is 0.860. The molecule has 0 saturated heterocycles. The Kier molecular flexibility index (Phi) is 8.12. The molecule has 5 nitrogen and oxygen atoms in total. The fraction of sp³-hybridized carbons (Fsp3) is 0.192. The summed E-state index contributed by atoms with van der Waals surface area (Å²) in [6.45, 7) is 6.89. The molecule has 0 bridgehead atoms. The van der Waals surface area contributed by atoms with Crippen molar-refractivity contribution < 1.29 is 14.3 Å². The van der Waals surface area contributed by atoms with Crippen LogP contribution in [-0.4, -0.2) is 25.7 Å². The normalized spacial score (nSPS) is 10.2. The maximum Gasteiger partial charge on any atom is 0.243 e. The van der Waals surface area contributed by atoms with Gasteiger partial charge in [-0.1, -0.05) is 49.0 Å². The van der Waals surface area contributed by atoms with Crippen LogP contribution in [0.4, 0.5) is 11.4 Å². The minimum Gasteiger partial charge on any atom is -0.493 e. The van der Waals surface area contributed by atoms with Crippen molar-refractivity contribution in [3.63, 3.8) is 0 Å². The topological polar surface area (TPSA) is 59.6 Å². The number of anilines is 2. The van der Waals surface area contributed by atoms with Crippen molar-refractivity contribution in [2.75, 3.05) is 30.4 Å². The molecule has 0 unspecified atom stereocenters. The number of nitrogens with one attached hydrogen (secondary N) is 2. The van der Waals surface area contributed by atoms with E-state index in [1.54, 1.807) is 0 Å². The van der Waals surface area contributed by atoms with E-state index in [1.807, 2.05) is 73.7 Å². The van der Waals surface area contributed by atoms with E-state index in [0.717, 1.165) is 23.4 Å². The number of benzene rings is 3. The second-order valence-corrected chi connectivity index (χ2v) is 7.25. The summed E-state index contributed by atoms with van der Waals surface area (Å²) in [6, 6.07) is 25.2. The van der Waals surface area contributed by atoms with Crippen molar-refractivity contribution >= 4 is 17.3 Å². The fourth-order valence-corrected chi connectivity index (χ4v) is 2.87. The molecule has 0 spiro atoms. The summed E-state index contributed by atoms with van der Waals surface area (Å²) in [5.74, 6) is 1.26. The Morgan fingerprint density at radius 1 is 0.903 bits per heavy atom. The van der Waals surface area contributed by atoms with Gasteiger partial charge in [0.25, 0.3) is 0 Å². The standard InChI is InChI=1S/C26H28N2O3/c1-20(2)19-31-25-11-7-6-10-24(25)28-26(29)18-27-22-12-14-23(15-13-22)30-17-16-21-8-4-3-5-9-21/h3-15,27H,1,16-19H2,2H3,(H,28,29). The highest BCUT2D eigenvalue weighted by atomic mass is 16.5. The van der Waals surface area contributed by atoms with Crippen LogP contribution in [0.3, 0.4) is 0 Å². The monoisotopic (exact) mass is 416 g/mol. The number of hydrogen-bond acceptors (Lipinski definition) is 4. The molecule has 0 atom stereocenters. The van der Waals surface area contributed by atoms with Crippen molar-refractivity contribution in [3.05, 3.63) is 96.6 Å². The smallest absolute Gasteiger partial charge is 0.243 e. The van der Waals surface area contributed by atoms with Crippen LogP contribution < -0.4 is 20.1 Å². The molecule has 3 aromatic carbocycles. The van der Waals surface area contributed by atoms with Gasteiger partial charge >= 0.3 is 0 Å². The van der Waals surface area contributed by atoms with E-state index in [2.05, 4.69) is 29.3 Å². The molecule has 0 aliphatic carbocycles. The van der Waals surface area contributed by atoms with Gasteiger partial charge in [-0.15, -0.1) is 0 Å². The zero-order chi connectivity index (χ0) is 21.9. The van der Waals surface area contributed by atoms with Gasteiger partial charge in [-0.3, -0.25) is 4.79 Å². The maximum absolute atomic E-state index is 12.3. The Bertz CT molecular complexity index is 985. The number of rotatable bonds is 11. The Morgan fingerprint density at radius 3 is 2.35 bits per heavy atom. The van der Waals surface area contributed by atoms with Gasteiger partial charge in [0.2, 0.25) is 5.91 Å². The van der Waals surface area contributed by atoms with Crippen LogP contribution in [0.25, 0.3) is 0 Å². The number of carbonyl (C=O) groups is 1. The Balaban J connectivity index is 1.44. The number of amides is 1. The zero-order valence-electron chi connectivity index (χ0n) is 17.8. The van der Waals surface area contributed by atoms with E-state index < -0.39 is 0 Å². The SMILES string of the molecule is C=C(C)COc1ccccc1NC(=O)CNc1ccc(OCCc2ccccc2)cc1. The van der Waals surface area contributed by atoms with Gasteiger partial charge < -0.3 is 20.1 Å². The first kappa shape index (κ1) is 22.0. The zero-order valence-corrected chi connectivity index (χ0v) is 17.8. The van der Waals surface area contributed by atoms with Crippen molar-refractivity contribution in [1.82, 2.24) is 0 Å². The lowest BCUT2D eigenvalue weighted by Crippen LogP contribution is -2.22. The van der Waals surface area contributed by atoms with Gasteiger partial charge in [-0.2, -0.15) is 0 Å². The van der Waals surface area contributed by atoms with Crippen LogP contribution >= 0.6 is 0 Å². The number of hydrogen-bond donors (Lipinski definition) is 2. The molecule has 31 heavy (non-hydrogen) atoms. The summed E-state index contributed by atoms with van der Waals surface area (Å²) in [4.78, 5) is 12.3. The summed E-state index contributed by atoms with van der Waals surface area (Å²) in [7, 11) is 0. The Morgan fingerprint density at radius 2 is 1.61 bits per heavy atom. The molecule has 0 radical (unpaired) electrons. The molecule has 0 heterocycles. The number of carbonyl (C=O) groups excluding carboxylic acids is 1. The molecule has 5 heteroatoms. The lowest BCUT2D eigenvalue weighted by Gasteiger charge is -2.13. The molecular formula is C26H28N2O3. The van der Waals surface area contributed by atoms with Gasteiger partial charge in [0, 0.05) is 12.1 Å². The molecule has 3 rings (SSSR count). The molecule has 0 saturated carbocycles. The van der Waals surface area contributed by atoms with Crippen molar-refractivity contribution in [1.29, 1.82) is 0 Å². The van der Waals surface area contributed by atoms with E-state index in [-0.39, 0.29) is 12.5 Å². The predicted molar refractivity (Wildman–Crippen MR) is 126 cm³/mol. The van der Waals surface area contributed by atoms with Crippen LogP contribution in [0, 0.1) is 0 Å². The van der Waals surface area contributed by atoms with E-state index >= 15 is 0 Å². The average Bonchev–Trinajstić information content (AvgIpc) is 2.78. The molecule has 2 N–H and O–H groups in total. The van der Waals surface area contributed by atoms with Crippen LogP contribution in [0.15, 0.2) is 91.0 Å². The molecule has 1 amide bonds. The number of ether oxygens (including phenoxy) is 2. The summed E-state index contributed by atoms with van der Waals surface area (Å²) < 4.78 is 11.5. The fourth-order valence-electron chi connectivity index (χ4n) is 2.87. The third kappa shape index (κ3) is 7.55. The predicted octanol–water partition coefficient (Wildman–Crippen LogP) is 5.31. The van der Waals surface area contributed by atoms with Crippen molar-refractivity contribution in [2.24, 2.45) is 0 Å².